The molecule has 2 heterocycles. The van der Waals surface area contributed by atoms with Crippen LogP contribution in [0.3, 0.4) is 0 Å². The van der Waals surface area contributed by atoms with Crippen LogP contribution in [0.25, 0.3) is 22.5 Å². The second-order valence-corrected chi connectivity index (χ2v) is 7.67. The molecule has 1 atom stereocenters. The minimum absolute atomic E-state index is 0.286. The lowest BCUT2D eigenvalue weighted by Gasteiger charge is -2.09. The normalized spacial score (nSPS) is 13.2. The quantitative estimate of drug-likeness (QED) is 0.240. The number of aromatic nitrogens is 3. The Kier molecular flexibility index (Phi) is 5.96. The molecule has 0 aliphatic heterocycles. The number of benzene rings is 2. The molecule has 0 aliphatic carbocycles. The fraction of sp³-hybridized carbons (Fsp3) is 0.130. The summed E-state index contributed by atoms with van der Waals surface area (Å²) in [5.41, 5.74) is 0.330. The van der Waals surface area contributed by atoms with Gasteiger partial charge in [-0.15, -0.1) is 0 Å². The molecule has 4 aromatic rings. The number of rotatable bonds is 4. The maximum absolute atomic E-state index is 13.0. The van der Waals surface area contributed by atoms with Gasteiger partial charge in [0.25, 0.3) is 0 Å². The highest BCUT2D eigenvalue weighted by Crippen LogP contribution is 2.37. The molecule has 4 rings (SSSR count). The topological polar surface area (TPSA) is 41.6 Å². The van der Waals surface area contributed by atoms with Crippen molar-refractivity contribution >= 4 is 12.6 Å². The molecule has 33 heavy (non-hydrogen) atoms. The second-order valence-electron chi connectivity index (χ2n) is 7.15. The summed E-state index contributed by atoms with van der Waals surface area (Å²) >= 11 is 4.55. The maximum atomic E-state index is 13.0. The van der Waals surface area contributed by atoms with E-state index < -0.39 is 28.7 Å². The number of alkyl halides is 6. The fourth-order valence-corrected chi connectivity index (χ4v) is 3.53. The number of H-pyrrole nitrogens is 1. The lowest BCUT2D eigenvalue weighted by Crippen LogP contribution is -2.04. The Bertz CT molecular complexity index is 1160. The number of nitrogens with zero attached hydrogens (tertiary/aromatic N) is 2. The van der Waals surface area contributed by atoms with Gasteiger partial charge in [-0.3, -0.25) is 4.98 Å². The number of imidazole rings is 1. The summed E-state index contributed by atoms with van der Waals surface area (Å²) in [4.78, 5) is 11.8. The van der Waals surface area contributed by atoms with Crippen LogP contribution in [0.1, 0.15) is 27.9 Å². The lowest BCUT2D eigenvalue weighted by atomic mass is 10.0. The van der Waals surface area contributed by atoms with Gasteiger partial charge in [-0.2, -0.15) is 39.0 Å². The number of pyridine rings is 1. The first kappa shape index (κ1) is 22.9. The second kappa shape index (κ2) is 8.58. The predicted octanol–water partition coefficient (Wildman–Crippen LogP) is 7.20. The van der Waals surface area contributed by atoms with Crippen molar-refractivity contribution in [3.63, 3.8) is 0 Å². The number of aromatic amines is 1. The van der Waals surface area contributed by atoms with Crippen molar-refractivity contribution in [3.05, 3.63) is 95.6 Å². The fourth-order valence-electron chi connectivity index (χ4n) is 3.26. The molecule has 0 radical (unpaired) electrons. The van der Waals surface area contributed by atoms with Crippen molar-refractivity contribution in [2.75, 3.05) is 0 Å². The van der Waals surface area contributed by atoms with Crippen LogP contribution in [0.2, 0.25) is 0 Å². The molecule has 170 valence electrons. The van der Waals surface area contributed by atoms with Crippen LogP contribution < -0.4 is 0 Å². The average Bonchev–Trinajstić information content (AvgIpc) is 3.24. The van der Waals surface area contributed by atoms with Gasteiger partial charge in [-0.1, -0.05) is 30.3 Å². The largest absolute Gasteiger partial charge is 0.416 e. The monoisotopic (exact) mass is 479 g/mol. The minimum atomic E-state index is -4.50. The van der Waals surface area contributed by atoms with Gasteiger partial charge in [-0.25, -0.2) is 4.98 Å². The number of hydrogen-bond acceptors (Lipinski definition) is 3. The van der Waals surface area contributed by atoms with E-state index in [0.717, 1.165) is 24.3 Å². The van der Waals surface area contributed by atoms with Crippen LogP contribution in [-0.4, -0.2) is 15.0 Å². The molecule has 0 saturated carbocycles. The van der Waals surface area contributed by atoms with E-state index in [9.17, 15) is 26.3 Å². The Morgan fingerprint density at radius 1 is 0.727 bits per heavy atom. The van der Waals surface area contributed by atoms with E-state index in [0.29, 0.717) is 28.3 Å². The van der Waals surface area contributed by atoms with E-state index in [1.807, 2.05) is 0 Å². The number of halogens is 6. The third-order valence-corrected chi connectivity index (χ3v) is 5.44. The summed E-state index contributed by atoms with van der Waals surface area (Å²) in [5.74, 6) is 0.349. The van der Waals surface area contributed by atoms with Crippen molar-refractivity contribution in [1.82, 2.24) is 15.0 Å². The van der Waals surface area contributed by atoms with Gasteiger partial charge >= 0.3 is 12.4 Å². The Balaban J connectivity index is 1.81. The summed E-state index contributed by atoms with van der Waals surface area (Å²) in [6, 6.07) is 14.0. The molecule has 2 aromatic carbocycles. The molecule has 10 heteroatoms. The lowest BCUT2D eigenvalue weighted by molar-refractivity contribution is -0.138. The molecule has 1 unspecified atom stereocenters. The highest BCUT2D eigenvalue weighted by Gasteiger charge is 2.31. The maximum Gasteiger partial charge on any atom is 0.416 e. The molecule has 2 aromatic heterocycles. The minimum Gasteiger partial charge on any atom is -0.340 e. The van der Waals surface area contributed by atoms with Crippen molar-refractivity contribution in [1.29, 1.82) is 0 Å². The third kappa shape index (κ3) is 4.90. The summed E-state index contributed by atoms with van der Waals surface area (Å²) < 4.78 is 77.8. The predicted molar refractivity (Wildman–Crippen MR) is 115 cm³/mol. The molecule has 0 saturated heterocycles. The van der Waals surface area contributed by atoms with Gasteiger partial charge in [0.05, 0.1) is 28.2 Å². The van der Waals surface area contributed by atoms with E-state index in [2.05, 4.69) is 27.6 Å². The van der Waals surface area contributed by atoms with Gasteiger partial charge in [0.15, 0.2) is 0 Å². The number of thiol groups is 1. The molecule has 0 bridgehead atoms. The molecule has 3 nitrogen and oxygen atoms in total. The van der Waals surface area contributed by atoms with E-state index in [4.69, 9.17) is 0 Å². The van der Waals surface area contributed by atoms with E-state index in [1.54, 1.807) is 24.4 Å². The molecule has 1 N–H and O–H groups in total. The zero-order valence-corrected chi connectivity index (χ0v) is 17.5. The first-order chi connectivity index (χ1) is 15.5. The van der Waals surface area contributed by atoms with E-state index >= 15 is 0 Å². The Labute approximate surface area is 189 Å². The van der Waals surface area contributed by atoms with Crippen molar-refractivity contribution < 1.29 is 26.3 Å². The molecular formula is C23H15F6N3S. The van der Waals surface area contributed by atoms with Gasteiger partial charge in [0.2, 0.25) is 0 Å². The molecule has 0 spiro atoms. The van der Waals surface area contributed by atoms with Crippen LogP contribution in [0.15, 0.2) is 72.9 Å². The summed E-state index contributed by atoms with van der Waals surface area (Å²) in [5, 5.41) is -0.595. The van der Waals surface area contributed by atoms with Crippen molar-refractivity contribution in [2.24, 2.45) is 0 Å². The van der Waals surface area contributed by atoms with Gasteiger partial charge in [0, 0.05) is 17.3 Å². The first-order valence-electron chi connectivity index (χ1n) is 9.58. The highest BCUT2D eigenvalue weighted by atomic mass is 32.1. The summed E-state index contributed by atoms with van der Waals surface area (Å²) in [7, 11) is 0. The van der Waals surface area contributed by atoms with Gasteiger partial charge in [-0.05, 0) is 36.4 Å². The van der Waals surface area contributed by atoms with E-state index in [1.165, 1.54) is 24.3 Å². The zero-order chi connectivity index (χ0) is 23.8. The number of nitrogens with one attached hydrogen (secondary N) is 1. The Morgan fingerprint density at radius 3 is 1.76 bits per heavy atom. The average molecular weight is 479 g/mol. The van der Waals surface area contributed by atoms with E-state index in [-0.39, 0.29) is 5.69 Å². The SMILES string of the molecule is FC(F)(F)c1ccc(-c2nc(C(S)c3ccccn3)[nH]c2-c2ccc(C(F)(F)F)cc2)cc1. The molecule has 0 fully saturated rings. The Morgan fingerprint density at radius 2 is 1.27 bits per heavy atom. The van der Waals surface area contributed by atoms with Crippen LogP contribution in [-0.2, 0) is 12.4 Å². The number of hydrogen-bond donors (Lipinski definition) is 2. The highest BCUT2D eigenvalue weighted by molar-refractivity contribution is 7.80. The first-order valence-corrected chi connectivity index (χ1v) is 10.1. The van der Waals surface area contributed by atoms with Crippen LogP contribution in [0.5, 0.6) is 0 Å². The van der Waals surface area contributed by atoms with Crippen LogP contribution in [0.4, 0.5) is 26.3 Å². The van der Waals surface area contributed by atoms with Crippen molar-refractivity contribution in [3.8, 4) is 22.5 Å². The smallest absolute Gasteiger partial charge is 0.340 e. The third-order valence-electron chi connectivity index (χ3n) is 4.94. The molecular weight excluding hydrogens is 464 g/mol. The van der Waals surface area contributed by atoms with Gasteiger partial charge in [0.1, 0.15) is 11.1 Å². The zero-order valence-electron chi connectivity index (χ0n) is 16.6. The van der Waals surface area contributed by atoms with Gasteiger partial charge < -0.3 is 4.98 Å². The standard InChI is InChI=1S/C23H15F6N3S/c24-22(25,26)15-8-4-13(5-9-15)18-19(14-6-10-16(11-7-14)23(27,28)29)32-21(31-18)20(33)17-3-1-2-12-30-17/h1-12,20,33H,(H,31,32). The summed E-state index contributed by atoms with van der Waals surface area (Å²) in [6.45, 7) is 0. The molecule has 0 aliphatic rings. The molecule has 0 amide bonds. The Hall–Kier alpha value is -3.27. The summed E-state index contributed by atoms with van der Waals surface area (Å²) in [6.07, 6.45) is -7.42. The van der Waals surface area contributed by atoms with Crippen LogP contribution >= 0.6 is 12.6 Å². The van der Waals surface area contributed by atoms with Crippen molar-refractivity contribution in [2.45, 2.75) is 17.6 Å². The van der Waals surface area contributed by atoms with Crippen LogP contribution in [0, 0.1) is 0 Å².